The molecule has 0 aliphatic carbocycles. The smallest absolute Gasteiger partial charge is 0.257 e. The highest BCUT2D eigenvalue weighted by Crippen LogP contribution is 2.09. The minimum atomic E-state index is -0.219. The van der Waals surface area contributed by atoms with E-state index < -0.39 is 0 Å². The Morgan fingerprint density at radius 2 is 2.12 bits per heavy atom. The molecule has 0 saturated carbocycles. The molecule has 0 fully saturated rings. The van der Waals surface area contributed by atoms with E-state index in [1.807, 2.05) is 6.92 Å². The molecule has 0 radical (unpaired) electrons. The summed E-state index contributed by atoms with van der Waals surface area (Å²) in [5, 5.41) is 2.76. The Labute approximate surface area is 98.7 Å². The topological polar surface area (TPSA) is 80.9 Å². The SMILES string of the molecule is Cc1cc(NC(=O)c2ccc(N)nc2)ccn1. The molecule has 1 amide bonds. The van der Waals surface area contributed by atoms with E-state index in [0.29, 0.717) is 17.1 Å². The fraction of sp³-hybridized carbons (Fsp3) is 0.0833. The summed E-state index contributed by atoms with van der Waals surface area (Å²) in [7, 11) is 0. The average Bonchev–Trinajstić information content (AvgIpc) is 2.29. The maximum absolute atomic E-state index is 11.8. The Balaban J connectivity index is 2.14. The van der Waals surface area contributed by atoms with Crippen LogP contribution in [0.25, 0.3) is 0 Å². The minimum Gasteiger partial charge on any atom is -0.384 e. The van der Waals surface area contributed by atoms with Crippen LogP contribution in [-0.2, 0) is 0 Å². The molecule has 86 valence electrons. The molecule has 0 unspecified atom stereocenters. The number of nitrogen functional groups attached to an aromatic ring is 1. The molecular weight excluding hydrogens is 216 g/mol. The van der Waals surface area contributed by atoms with E-state index >= 15 is 0 Å². The van der Waals surface area contributed by atoms with Crippen molar-refractivity contribution in [3.05, 3.63) is 47.9 Å². The molecule has 2 heterocycles. The molecule has 0 atom stereocenters. The van der Waals surface area contributed by atoms with Crippen LogP contribution in [-0.4, -0.2) is 15.9 Å². The number of nitrogens with zero attached hydrogens (tertiary/aromatic N) is 2. The number of aromatic nitrogens is 2. The Hall–Kier alpha value is -2.43. The molecule has 2 rings (SSSR count). The molecule has 2 aromatic heterocycles. The zero-order valence-electron chi connectivity index (χ0n) is 9.34. The van der Waals surface area contributed by atoms with Gasteiger partial charge in [0.15, 0.2) is 0 Å². The van der Waals surface area contributed by atoms with E-state index in [-0.39, 0.29) is 5.91 Å². The number of pyridine rings is 2. The van der Waals surface area contributed by atoms with Gasteiger partial charge in [0.05, 0.1) is 5.56 Å². The fourth-order valence-corrected chi connectivity index (χ4v) is 1.37. The second-order valence-corrected chi connectivity index (χ2v) is 3.61. The third-order valence-corrected chi connectivity index (χ3v) is 2.20. The van der Waals surface area contributed by atoms with Gasteiger partial charge in [0.25, 0.3) is 5.91 Å². The summed E-state index contributed by atoms with van der Waals surface area (Å²) in [4.78, 5) is 19.7. The van der Waals surface area contributed by atoms with Gasteiger partial charge < -0.3 is 11.1 Å². The van der Waals surface area contributed by atoms with Crippen molar-refractivity contribution in [3.8, 4) is 0 Å². The molecule has 0 bridgehead atoms. The van der Waals surface area contributed by atoms with Crippen molar-refractivity contribution in [1.29, 1.82) is 0 Å². The molecule has 0 aliphatic rings. The fourth-order valence-electron chi connectivity index (χ4n) is 1.37. The van der Waals surface area contributed by atoms with Gasteiger partial charge >= 0.3 is 0 Å². The normalized spacial score (nSPS) is 9.94. The van der Waals surface area contributed by atoms with Gasteiger partial charge in [-0.1, -0.05) is 0 Å². The number of nitrogens with two attached hydrogens (primary N) is 1. The minimum absolute atomic E-state index is 0.219. The summed E-state index contributed by atoms with van der Waals surface area (Å²) in [6.45, 7) is 1.86. The summed E-state index contributed by atoms with van der Waals surface area (Å²) >= 11 is 0. The summed E-state index contributed by atoms with van der Waals surface area (Å²) in [5.41, 5.74) is 7.47. The maximum Gasteiger partial charge on any atom is 0.257 e. The van der Waals surface area contributed by atoms with E-state index in [1.54, 1.807) is 30.5 Å². The van der Waals surface area contributed by atoms with Gasteiger partial charge in [-0.3, -0.25) is 9.78 Å². The van der Waals surface area contributed by atoms with E-state index in [2.05, 4.69) is 15.3 Å². The molecule has 0 aromatic carbocycles. The quantitative estimate of drug-likeness (QED) is 0.818. The third kappa shape index (κ3) is 2.78. The van der Waals surface area contributed by atoms with Crippen molar-refractivity contribution < 1.29 is 4.79 Å². The number of carbonyl (C=O) groups excluding carboxylic acids is 1. The van der Waals surface area contributed by atoms with E-state index in [4.69, 9.17) is 5.73 Å². The van der Waals surface area contributed by atoms with Crippen LogP contribution in [0.15, 0.2) is 36.7 Å². The second kappa shape index (κ2) is 4.61. The van der Waals surface area contributed by atoms with Crippen LogP contribution in [0, 0.1) is 6.92 Å². The Morgan fingerprint density at radius 3 is 2.76 bits per heavy atom. The highest BCUT2D eigenvalue weighted by molar-refractivity contribution is 6.04. The van der Waals surface area contributed by atoms with Crippen molar-refractivity contribution in [3.63, 3.8) is 0 Å². The molecule has 2 aromatic rings. The zero-order valence-corrected chi connectivity index (χ0v) is 9.34. The number of rotatable bonds is 2. The first kappa shape index (κ1) is 11.1. The molecule has 0 saturated heterocycles. The number of anilines is 2. The lowest BCUT2D eigenvalue weighted by Gasteiger charge is -2.05. The van der Waals surface area contributed by atoms with Gasteiger partial charge in [0.1, 0.15) is 5.82 Å². The van der Waals surface area contributed by atoms with E-state index in [9.17, 15) is 4.79 Å². The van der Waals surface area contributed by atoms with E-state index in [1.165, 1.54) is 6.20 Å². The van der Waals surface area contributed by atoms with Crippen LogP contribution in [0.1, 0.15) is 16.1 Å². The second-order valence-electron chi connectivity index (χ2n) is 3.61. The Morgan fingerprint density at radius 1 is 1.29 bits per heavy atom. The predicted molar refractivity (Wildman–Crippen MR) is 65.6 cm³/mol. The lowest BCUT2D eigenvalue weighted by Crippen LogP contribution is -2.12. The standard InChI is InChI=1S/C12H12N4O/c1-8-6-10(4-5-14-8)16-12(17)9-2-3-11(13)15-7-9/h2-7H,1H3,(H2,13,15)(H,14,16,17). The first-order valence-corrected chi connectivity index (χ1v) is 5.11. The van der Waals surface area contributed by atoms with Crippen molar-refractivity contribution in [2.75, 3.05) is 11.1 Å². The number of hydrogen-bond acceptors (Lipinski definition) is 4. The molecule has 0 aliphatic heterocycles. The van der Waals surface area contributed by atoms with Gasteiger partial charge in [-0.2, -0.15) is 0 Å². The van der Waals surface area contributed by atoms with E-state index in [0.717, 1.165) is 5.69 Å². The number of carbonyl (C=O) groups is 1. The van der Waals surface area contributed by atoms with Crippen LogP contribution in [0.2, 0.25) is 0 Å². The van der Waals surface area contributed by atoms with Crippen molar-refractivity contribution >= 4 is 17.4 Å². The first-order valence-electron chi connectivity index (χ1n) is 5.11. The molecule has 0 spiro atoms. The van der Waals surface area contributed by atoms with Crippen molar-refractivity contribution in [1.82, 2.24) is 9.97 Å². The summed E-state index contributed by atoms with van der Waals surface area (Å²) < 4.78 is 0. The molecule has 17 heavy (non-hydrogen) atoms. The van der Waals surface area contributed by atoms with Crippen LogP contribution in [0.4, 0.5) is 11.5 Å². The van der Waals surface area contributed by atoms with Gasteiger partial charge in [-0.25, -0.2) is 4.98 Å². The van der Waals surface area contributed by atoms with Crippen LogP contribution in [0.5, 0.6) is 0 Å². The van der Waals surface area contributed by atoms with Gasteiger partial charge in [-0.05, 0) is 31.2 Å². The summed E-state index contributed by atoms with van der Waals surface area (Å²) in [5.74, 6) is 0.171. The first-order chi connectivity index (χ1) is 8.15. The molecular formula is C12H12N4O. The Kier molecular flexibility index (Phi) is 3.00. The van der Waals surface area contributed by atoms with Crippen LogP contribution in [0.3, 0.4) is 0 Å². The van der Waals surface area contributed by atoms with Gasteiger partial charge in [0, 0.05) is 23.8 Å². The van der Waals surface area contributed by atoms with Gasteiger partial charge in [-0.15, -0.1) is 0 Å². The zero-order chi connectivity index (χ0) is 12.3. The third-order valence-electron chi connectivity index (χ3n) is 2.20. The highest BCUT2D eigenvalue weighted by Gasteiger charge is 2.06. The van der Waals surface area contributed by atoms with Crippen molar-refractivity contribution in [2.24, 2.45) is 0 Å². The number of hydrogen-bond donors (Lipinski definition) is 2. The predicted octanol–water partition coefficient (Wildman–Crippen LogP) is 1.62. The number of aryl methyl sites for hydroxylation is 1. The highest BCUT2D eigenvalue weighted by atomic mass is 16.1. The summed E-state index contributed by atoms with van der Waals surface area (Å²) in [6, 6.07) is 6.75. The molecule has 5 nitrogen and oxygen atoms in total. The lowest BCUT2D eigenvalue weighted by molar-refractivity contribution is 0.102. The Bertz CT molecular complexity index is 536. The summed E-state index contributed by atoms with van der Waals surface area (Å²) in [6.07, 6.45) is 3.09. The number of amides is 1. The largest absolute Gasteiger partial charge is 0.384 e. The van der Waals surface area contributed by atoms with Gasteiger partial charge in [0.2, 0.25) is 0 Å². The maximum atomic E-state index is 11.8. The number of nitrogens with one attached hydrogen (secondary N) is 1. The van der Waals surface area contributed by atoms with Crippen LogP contribution >= 0.6 is 0 Å². The monoisotopic (exact) mass is 228 g/mol. The van der Waals surface area contributed by atoms with Crippen LogP contribution < -0.4 is 11.1 Å². The molecule has 3 N–H and O–H groups in total. The van der Waals surface area contributed by atoms with Crippen molar-refractivity contribution in [2.45, 2.75) is 6.92 Å². The average molecular weight is 228 g/mol. The lowest BCUT2D eigenvalue weighted by atomic mass is 10.2. The molecule has 5 heteroatoms.